The summed E-state index contributed by atoms with van der Waals surface area (Å²) in [7, 11) is 0. The van der Waals surface area contributed by atoms with Crippen molar-refractivity contribution in [2.75, 3.05) is 0 Å². The third kappa shape index (κ3) is 3.49. The summed E-state index contributed by atoms with van der Waals surface area (Å²) >= 11 is 0. The first-order chi connectivity index (χ1) is 24.3. The smallest absolute Gasteiger partial charge is 0.0548 e. The topological polar surface area (TPSA) is 9.86 Å². The summed E-state index contributed by atoms with van der Waals surface area (Å²) in [5.41, 5.74) is 20.6. The molecule has 2 nitrogen and oxygen atoms in total. The Morgan fingerprint density at radius 1 is 0.440 bits per heavy atom. The number of benzene rings is 6. The van der Waals surface area contributed by atoms with E-state index in [1.807, 2.05) is 0 Å². The summed E-state index contributed by atoms with van der Waals surface area (Å²) in [6.45, 7) is 9.51. The third-order valence-corrected chi connectivity index (χ3v) is 12.7. The molecule has 0 saturated carbocycles. The minimum Gasteiger partial charge on any atom is -0.313 e. The molecule has 0 unspecified atom stereocenters. The van der Waals surface area contributed by atoms with E-state index in [1.54, 1.807) is 5.56 Å². The van der Waals surface area contributed by atoms with Crippen LogP contribution >= 0.6 is 0 Å². The van der Waals surface area contributed by atoms with Crippen molar-refractivity contribution in [3.63, 3.8) is 0 Å². The molecule has 0 saturated heterocycles. The first-order valence-corrected chi connectivity index (χ1v) is 18.4. The van der Waals surface area contributed by atoms with Gasteiger partial charge >= 0.3 is 0 Å². The van der Waals surface area contributed by atoms with Gasteiger partial charge in [0.25, 0.3) is 0 Å². The molecule has 0 spiro atoms. The van der Waals surface area contributed by atoms with Gasteiger partial charge in [0.15, 0.2) is 0 Å². The first-order valence-electron chi connectivity index (χ1n) is 18.4. The van der Waals surface area contributed by atoms with Crippen LogP contribution in [0.25, 0.3) is 66.3 Å². The molecular weight excluding hydrogens is 605 g/mol. The largest absolute Gasteiger partial charge is 0.313 e. The van der Waals surface area contributed by atoms with Gasteiger partial charge in [-0.15, -0.1) is 0 Å². The van der Waals surface area contributed by atoms with Crippen LogP contribution in [-0.2, 0) is 23.7 Å². The second-order valence-electron chi connectivity index (χ2n) is 16.0. The molecule has 0 aliphatic heterocycles. The Morgan fingerprint density at radius 2 is 1.02 bits per heavy atom. The van der Waals surface area contributed by atoms with Gasteiger partial charge in [0.1, 0.15) is 0 Å². The quantitative estimate of drug-likeness (QED) is 0.177. The van der Waals surface area contributed by atoms with E-state index >= 15 is 0 Å². The number of nitrogens with zero attached hydrogens (tertiary/aromatic N) is 2. The maximum Gasteiger partial charge on any atom is 0.0548 e. The fourth-order valence-electron chi connectivity index (χ4n) is 10.3. The highest BCUT2D eigenvalue weighted by Crippen LogP contribution is 2.52. The third-order valence-electron chi connectivity index (χ3n) is 12.7. The van der Waals surface area contributed by atoms with Crippen LogP contribution < -0.4 is 0 Å². The molecule has 0 radical (unpaired) electrons. The molecule has 0 atom stereocenters. The van der Waals surface area contributed by atoms with E-state index in [9.17, 15) is 0 Å². The van der Waals surface area contributed by atoms with E-state index < -0.39 is 0 Å². The van der Waals surface area contributed by atoms with Gasteiger partial charge in [-0.1, -0.05) is 107 Å². The van der Waals surface area contributed by atoms with Crippen LogP contribution in [-0.4, -0.2) is 9.13 Å². The Balaban J connectivity index is 1.18. The van der Waals surface area contributed by atoms with E-state index in [-0.39, 0.29) is 10.8 Å². The molecule has 50 heavy (non-hydrogen) atoms. The zero-order chi connectivity index (χ0) is 33.5. The van der Waals surface area contributed by atoms with Gasteiger partial charge in [-0.05, 0) is 118 Å². The molecule has 0 N–H and O–H groups in total. The summed E-state index contributed by atoms with van der Waals surface area (Å²) in [6, 6.07) is 46.3. The van der Waals surface area contributed by atoms with E-state index in [2.05, 4.69) is 158 Å². The predicted octanol–water partition coefficient (Wildman–Crippen LogP) is 12.2. The Morgan fingerprint density at radius 3 is 1.82 bits per heavy atom. The molecule has 11 rings (SSSR count). The lowest BCUT2D eigenvalue weighted by Crippen LogP contribution is -2.15. The maximum absolute atomic E-state index is 2.63. The summed E-state index contributed by atoms with van der Waals surface area (Å²) in [6.07, 6.45) is 4.73. The molecule has 8 aromatic rings. The van der Waals surface area contributed by atoms with Crippen LogP contribution in [0, 0.1) is 0 Å². The van der Waals surface area contributed by atoms with Gasteiger partial charge in [0, 0.05) is 44.1 Å². The van der Waals surface area contributed by atoms with Gasteiger partial charge < -0.3 is 9.13 Å². The summed E-state index contributed by atoms with van der Waals surface area (Å²) in [5.74, 6) is 0. The molecule has 2 heterocycles. The molecule has 2 heteroatoms. The minimum absolute atomic E-state index is 0.00498. The van der Waals surface area contributed by atoms with Crippen LogP contribution in [0.5, 0.6) is 0 Å². The Hall–Kier alpha value is -5.34. The van der Waals surface area contributed by atoms with Crippen molar-refractivity contribution in [1.29, 1.82) is 0 Å². The fraction of sp³-hybridized carbons (Fsp3) is 0.208. The lowest BCUT2D eigenvalue weighted by molar-refractivity contribution is 0.656. The number of fused-ring (bicyclic) bond motifs is 13. The first kappa shape index (κ1) is 28.5. The Kier molecular flexibility index (Phi) is 5.51. The highest BCUT2D eigenvalue weighted by atomic mass is 15.0. The summed E-state index contributed by atoms with van der Waals surface area (Å²) in [4.78, 5) is 0. The van der Waals surface area contributed by atoms with Crippen molar-refractivity contribution in [3.8, 4) is 33.6 Å². The normalized spacial score (nSPS) is 16.4. The fourth-order valence-corrected chi connectivity index (χ4v) is 10.3. The minimum atomic E-state index is -0.0305. The molecule has 0 bridgehead atoms. The molecule has 2 aromatic heterocycles. The zero-order valence-corrected chi connectivity index (χ0v) is 29.3. The van der Waals surface area contributed by atoms with Crippen LogP contribution in [0.3, 0.4) is 0 Å². The molecule has 0 amide bonds. The second-order valence-corrected chi connectivity index (χ2v) is 16.0. The van der Waals surface area contributed by atoms with E-state index in [4.69, 9.17) is 0 Å². The highest BCUT2D eigenvalue weighted by Gasteiger charge is 2.37. The number of aryl methyl sites for hydroxylation is 1. The molecular formula is C48H40N2. The molecule has 242 valence electrons. The lowest BCUT2D eigenvalue weighted by atomic mass is 9.82. The van der Waals surface area contributed by atoms with Gasteiger partial charge in [0.05, 0.1) is 16.6 Å². The van der Waals surface area contributed by atoms with Crippen molar-refractivity contribution < 1.29 is 0 Å². The average molecular weight is 645 g/mol. The highest BCUT2D eigenvalue weighted by molar-refractivity contribution is 6.22. The predicted molar refractivity (Wildman–Crippen MR) is 209 cm³/mol. The molecule has 0 fully saturated rings. The number of rotatable bonds is 2. The van der Waals surface area contributed by atoms with Crippen molar-refractivity contribution in [1.82, 2.24) is 9.13 Å². The van der Waals surface area contributed by atoms with Crippen molar-refractivity contribution in [2.24, 2.45) is 0 Å². The van der Waals surface area contributed by atoms with E-state index in [0.29, 0.717) is 0 Å². The standard InChI is InChI=1S/C48H40N2/c1-47(2)38-18-10-6-14-32(38)36-27-29(22-24-39(36)47)49-41-19-11-7-15-34(41)45-43(49)25-26-44-46(45)35-16-8-12-20-42(35)50(44)30-21-23-33-31-13-5-9-17-37(31)48(3,4)40(33)28-30/h5-7,9-11,13-15,17-19,21-28H,8,12,16,20H2,1-4H3. The Bertz CT molecular complexity index is 2760. The van der Waals surface area contributed by atoms with E-state index in [0.717, 1.165) is 12.8 Å². The average Bonchev–Trinajstić information content (AvgIpc) is 3.80. The van der Waals surface area contributed by atoms with Crippen LogP contribution in [0.15, 0.2) is 121 Å². The van der Waals surface area contributed by atoms with E-state index in [1.165, 1.54) is 107 Å². The Labute approximate surface area is 293 Å². The monoisotopic (exact) mass is 644 g/mol. The van der Waals surface area contributed by atoms with Gasteiger partial charge in [0.2, 0.25) is 0 Å². The number of para-hydroxylation sites is 1. The van der Waals surface area contributed by atoms with Gasteiger partial charge in [-0.2, -0.15) is 0 Å². The summed E-state index contributed by atoms with van der Waals surface area (Å²) in [5, 5.41) is 4.18. The van der Waals surface area contributed by atoms with Crippen molar-refractivity contribution in [2.45, 2.75) is 64.2 Å². The second kappa shape index (κ2) is 9.67. The van der Waals surface area contributed by atoms with Crippen LogP contribution in [0.4, 0.5) is 0 Å². The number of aromatic nitrogens is 2. The molecule has 3 aliphatic carbocycles. The lowest BCUT2D eigenvalue weighted by Gasteiger charge is -2.23. The van der Waals surface area contributed by atoms with Gasteiger partial charge in [-0.3, -0.25) is 0 Å². The molecule has 6 aromatic carbocycles. The molecule has 3 aliphatic rings. The number of hydrogen-bond acceptors (Lipinski definition) is 0. The van der Waals surface area contributed by atoms with Crippen LogP contribution in [0.1, 0.15) is 74.0 Å². The van der Waals surface area contributed by atoms with Crippen LogP contribution in [0.2, 0.25) is 0 Å². The SMILES string of the molecule is CC1(C)c2ccccc2-c2cc(-n3c4ccccc4c4c5c6c(n(-c7ccc8c(c7)C(C)(C)c7ccccc7-8)c5ccc43)CCCC6)ccc21. The maximum atomic E-state index is 2.63. The van der Waals surface area contributed by atoms with Crippen molar-refractivity contribution in [3.05, 3.63) is 155 Å². The zero-order valence-electron chi connectivity index (χ0n) is 29.3. The number of hydrogen-bond donors (Lipinski definition) is 0. The van der Waals surface area contributed by atoms with Crippen molar-refractivity contribution >= 4 is 32.7 Å². The summed E-state index contributed by atoms with van der Waals surface area (Å²) < 4.78 is 5.16. The van der Waals surface area contributed by atoms with Gasteiger partial charge in [-0.25, -0.2) is 0 Å².